The van der Waals surface area contributed by atoms with Crippen molar-refractivity contribution < 1.29 is 14.3 Å². The van der Waals surface area contributed by atoms with Crippen LogP contribution in [0.15, 0.2) is 17.0 Å². The first kappa shape index (κ1) is 12.4. The van der Waals surface area contributed by atoms with Crippen LogP contribution < -0.4 is 0 Å². The zero-order valence-electron chi connectivity index (χ0n) is 9.92. The molecule has 0 spiro atoms. The number of hydrogen-bond donors (Lipinski definition) is 1. The standard InChI is InChI=1S/C13H15FO2S/c1-8-5-10(14)9(6-11(8)17-2)13(3-4-13)7-12(15)16/h5-6H,3-4,7H2,1-2H3,(H,15,16). The molecule has 17 heavy (non-hydrogen) atoms. The smallest absolute Gasteiger partial charge is 0.304 e. The Morgan fingerprint density at radius 3 is 2.65 bits per heavy atom. The van der Waals surface area contributed by atoms with Crippen molar-refractivity contribution in [2.24, 2.45) is 0 Å². The maximum Gasteiger partial charge on any atom is 0.304 e. The van der Waals surface area contributed by atoms with Crippen LogP contribution in [-0.4, -0.2) is 17.3 Å². The normalized spacial score (nSPS) is 16.9. The van der Waals surface area contributed by atoms with E-state index in [1.165, 1.54) is 6.07 Å². The average Bonchev–Trinajstić information content (AvgIpc) is 2.97. The van der Waals surface area contributed by atoms with E-state index in [0.717, 1.165) is 23.3 Å². The van der Waals surface area contributed by atoms with Crippen molar-refractivity contribution in [1.82, 2.24) is 0 Å². The molecule has 0 saturated heterocycles. The molecule has 1 fully saturated rings. The summed E-state index contributed by atoms with van der Waals surface area (Å²) in [5, 5.41) is 8.89. The van der Waals surface area contributed by atoms with E-state index in [1.54, 1.807) is 11.8 Å². The third-order valence-electron chi connectivity index (χ3n) is 3.40. The molecule has 0 amide bonds. The molecule has 0 atom stereocenters. The number of carbonyl (C=O) groups is 1. The Bertz CT molecular complexity index is 467. The van der Waals surface area contributed by atoms with Crippen LogP contribution in [0.25, 0.3) is 0 Å². The molecule has 0 radical (unpaired) electrons. The molecule has 1 aliphatic carbocycles. The number of benzene rings is 1. The van der Waals surface area contributed by atoms with Crippen LogP contribution in [0.2, 0.25) is 0 Å². The Labute approximate surface area is 104 Å². The second kappa shape index (κ2) is 4.33. The number of thioether (sulfide) groups is 1. The molecule has 1 aromatic carbocycles. The summed E-state index contributed by atoms with van der Waals surface area (Å²) in [6, 6.07) is 3.34. The summed E-state index contributed by atoms with van der Waals surface area (Å²) in [7, 11) is 0. The van der Waals surface area contributed by atoms with E-state index in [9.17, 15) is 9.18 Å². The molecule has 2 rings (SSSR count). The SMILES string of the molecule is CSc1cc(C2(CC(=O)O)CC2)c(F)cc1C. The van der Waals surface area contributed by atoms with Gasteiger partial charge >= 0.3 is 5.97 Å². The molecule has 1 N–H and O–H groups in total. The maximum absolute atomic E-state index is 14.0. The molecule has 0 heterocycles. The third-order valence-corrected chi connectivity index (χ3v) is 4.28. The minimum atomic E-state index is -0.854. The van der Waals surface area contributed by atoms with Gasteiger partial charge in [0.2, 0.25) is 0 Å². The molecule has 1 aliphatic rings. The lowest BCUT2D eigenvalue weighted by Gasteiger charge is -2.16. The summed E-state index contributed by atoms with van der Waals surface area (Å²) in [5.74, 6) is -1.12. The van der Waals surface area contributed by atoms with Crippen LogP contribution in [0.5, 0.6) is 0 Å². The van der Waals surface area contributed by atoms with Gasteiger partial charge in [-0.25, -0.2) is 4.39 Å². The van der Waals surface area contributed by atoms with Crippen LogP contribution in [0.4, 0.5) is 4.39 Å². The summed E-state index contributed by atoms with van der Waals surface area (Å²) < 4.78 is 14.0. The Morgan fingerprint density at radius 2 is 2.18 bits per heavy atom. The lowest BCUT2D eigenvalue weighted by atomic mass is 9.91. The van der Waals surface area contributed by atoms with E-state index in [2.05, 4.69) is 0 Å². The highest BCUT2D eigenvalue weighted by Gasteiger charge is 2.47. The quantitative estimate of drug-likeness (QED) is 0.837. The highest BCUT2D eigenvalue weighted by atomic mass is 32.2. The fourth-order valence-corrected chi connectivity index (χ4v) is 2.88. The second-order valence-corrected chi connectivity index (χ2v) is 5.50. The second-order valence-electron chi connectivity index (χ2n) is 4.65. The Morgan fingerprint density at radius 1 is 1.53 bits per heavy atom. The summed E-state index contributed by atoms with van der Waals surface area (Å²) in [5.41, 5.74) is 1.04. The molecule has 0 aromatic heterocycles. The molecule has 0 aliphatic heterocycles. The summed E-state index contributed by atoms with van der Waals surface area (Å²) >= 11 is 1.57. The van der Waals surface area contributed by atoms with Crippen LogP contribution in [0.1, 0.15) is 30.4 Å². The van der Waals surface area contributed by atoms with E-state index >= 15 is 0 Å². The molecule has 0 unspecified atom stereocenters. The van der Waals surface area contributed by atoms with Gasteiger partial charge < -0.3 is 5.11 Å². The van der Waals surface area contributed by atoms with Crippen molar-refractivity contribution in [2.75, 3.05) is 6.26 Å². The Hall–Kier alpha value is -1.03. The third kappa shape index (κ3) is 2.32. The largest absolute Gasteiger partial charge is 0.481 e. The number of aliphatic carboxylic acids is 1. The number of halogens is 1. The molecular weight excluding hydrogens is 239 g/mol. The van der Waals surface area contributed by atoms with Gasteiger partial charge in [0, 0.05) is 10.3 Å². The zero-order valence-corrected chi connectivity index (χ0v) is 10.7. The molecule has 0 bridgehead atoms. The van der Waals surface area contributed by atoms with Crippen molar-refractivity contribution in [3.63, 3.8) is 0 Å². The van der Waals surface area contributed by atoms with Crippen LogP contribution >= 0.6 is 11.8 Å². The van der Waals surface area contributed by atoms with E-state index < -0.39 is 11.4 Å². The van der Waals surface area contributed by atoms with E-state index in [4.69, 9.17) is 5.11 Å². The fraction of sp³-hybridized carbons (Fsp3) is 0.462. The van der Waals surface area contributed by atoms with Crippen molar-refractivity contribution in [1.29, 1.82) is 0 Å². The summed E-state index contributed by atoms with van der Waals surface area (Å²) in [4.78, 5) is 11.9. The molecule has 92 valence electrons. The number of rotatable bonds is 4. The van der Waals surface area contributed by atoms with Crippen molar-refractivity contribution in [3.8, 4) is 0 Å². The van der Waals surface area contributed by atoms with Crippen LogP contribution in [-0.2, 0) is 10.2 Å². The lowest BCUT2D eigenvalue weighted by molar-refractivity contribution is -0.137. The Kier molecular flexibility index (Phi) is 3.17. The van der Waals surface area contributed by atoms with Gasteiger partial charge in [0.05, 0.1) is 6.42 Å². The van der Waals surface area contributed by atoms with Gasteiger partial charge in [-0.1, -0.05) is 0 Å². The first-order valence-electron chi connectivity index (χ1n) is 5.55. The minimum Gasteiger partial charge on any atom is -0.481 e. The van der Waals surface area contributed by atoms with Crippen molar-refractivity contribution in [2.45, 2.75) is 36.5 Å². The number of carboxylic acids is 1. The molecule has 1 saturated carbocycles. The van der Waals surface area contributed by atoms with Gasteiger partial charge in [-0.05, 0) is 49.3 Å². The number of hydrogen-bond acceptors (Lipinski definition) is 2. The summed E-state index contributed by atoms with van der Waals surface area (Å²) in [6.45, 7) is 1.87. The van der Waals surface area contributed by atoms with E-state index in [1.807, 2.05) is 19.2 Å². The van der Waals surface area contributed by atoms with Gasteiger partial charge in [0.25, 0.3) is 0 Å². The first-order chi connectivity index (χ1) is 7.98. The van der Waals surface area contributed by atoms with Crippen molar-refractivity contribution in [3.05, 3.63) is 29.1 Å². The highest BCUT2D eigenvalue weighted by Crippen LogP contribution is 2.52. The predicted octanol–water partition coefficient (Wildman–Crippen LogP) is 3.36. The fourth-order valence-electron chi connectivity index (χ4n) is 2.26. The first-order valence-corrected chi connectivity index (χ1v) is 6.77. The lowest BCUT2D eigenvalue weighted by Crippen LogP contribution is -2.15. The molecule has 2 nitrogen and oxygen atoms in total. The average molecular weight is 254 g/mol. The molecule has 4 heteroatoms. The zero-order chi connectivity index (χ0) is 12.6. The predicted molar refractivity (Wildman–Crippen MR) is 66.1 cm³/mol. The number of aryl methyl sites for hydroxylation is 1. The monoisotopic (exact) mass is 254 g/mol. The molecule has 1 aromatic rings. The van der Waals surface area contributed by atoms with Gasteiger partial charge in [-0.15, -0.1) is 11.8 Å². The van der Waals surface area contributed by atoms with Gasteiger partial charge in [-0.3, -0.25) is 4.79 Å². The minimum absolute atomic E-state index is 0.0286. The number of carboxylic acid groups (broad SMARTS) is 1. The van der Waals surface area contributed by atoms with Crippen molar-refractivity contribution >= 4 is 17.7 Å². The van der Waals surface area contributed by atoms with Crippen LogP contribution in [0.3, 0.4) is 0 Å². The molecular formula is C13H15FO2S. The topological polar surface area (TPSA) is 37.3 Å². The van der Waals surface area contributed by atoms with Gasteiger partial charge in [-0.2, -0.15) is 0 Å². The van der Waals surface area contributed by atoms with Gasteiger partial charge in [0.15, 0.2) is 0 Å². The van der Waals surface area contributed by atoms with Crippen LogP contribution in [0, 0.1) is 12.7 Å². The maximum atomic E-state index is 14.0. The summed E-state index contributed by atoms with van der Waals surface area (Å²) in [6.07, 6.45) is 3.52. The highest BCUT2D eigenvalue weighted by molar-refractivity contribution is 7.98. The van der Waals surface area contributed by atoms with E-state index in [-0.39, 0.29) is 12.2 Å². The Balaban J connectivity index is 2.42. The van der Waals surface area contributed by atoms with E-state index in [0.29, 0.717) is 5.56 Å². The van der Waals surface area contributed by atoms with Gasteiger partial charge in [0.1, 0.15) is 5.82 Å².